The molecule has 0 saturated carbocycles. The van der Waals surface area contributed by atoms with E-state index in [9.17, 15) is 9.59 Å². The second-order valence-electron chi connectivity index (χ2n) is 5.76. The van der Waals surface area contributed by atoms with Gasteiger partial charge in [0.05, 0.1) is 0 Å². The molecule has 0 aliphatic heterocycles. The molecule has 0 atom stereocenters. The van der Waals surface area contributed by atoms with Gasteiger partial charge < -0.3 is 9.88 Å². The van der Waals surface area contributed by atoms with E-state index in [1.807, 2.05) is 37.3 Å². The third-order valence-electron chi connectivity index (χ3n) is 4.01. The molecule has 1 N–H and O–H groups in total. The largest absolute Gasteiger partial charge is 0.338 e. The van der Waals surface area contributed by atoms with Gasteiger partial charge in [-0.25, -0.2) is 4.98 Å². The predicted molar refractivity (Wildman–Crippen MR) is 107 cm³/mol. The molecule has 0 bridgehead atoms. The first kappa shape index (κ1) is 18.8. The van der Waals surface area contributed by atoms with Crippen molar-refractivity contribution in [2.24, 2.45) is 0 Å². The van der Waals surface area contributed by atoms with Gasteiger partial charge in [-0.05, 0) is 31.2 Å². The molecule has 1 amide bonds. The Labute approximate surface area is 161 Å². The maximum Gasteiger partial charge on any atom is 0.264 e. The molecule has 7 heteroatoms. The van der Waals surface area contributed by atoms with Gasteiger partial charge in [0.2, 0.25) is 0 Å². The number of aromatic nitrogens is 3. The van der Waals surface area contributed by atoms with Crippen molar-refractivity contribution in [2.45, 2.75) is 11.8 Å². The van der Waals surface area contributed by atoms with E-state index in [1.165, 1.54) is 6.20 Å². The first-order valence-electron chi connectivity index (χ1n) is 8.66. The van der Waals surface area contributed by atoms with E-state index in [2.05, 4.69) is 15.0 Å². The number of hydrogen-bond acceptors (Lipinski definition) is 5. The zero-order chi connectivity index (χ0) is 19.1. The minimum absolute atomic E-state index is 0.0502. The lowest BCUT2D eigenvalue weighted by atomic mass is 10.2. The van der Waals surface area contributed by atoms with Crippen LogP contribution in [-0.4, -0.2) is 44.6 Å². The van der Waals surface area contributed by atoms with Gasteiger partial charge in [-0.3, -0.25) is 14.6 Å². The molecule has 27 heavy (non-hydrogen) atoms. The summed E-state index contributed by atoms with van der Waals surface area (Å²) in [6.07, 6.45) is 4.60. The van der Waals surface area contributed by atoms with E-state index in [-0.39, 0.29) is 11.5 Å². The topological polar surface area (TPSA) is 79.0 Å². The second-order valence-corrected chi connectivity index (χ2v) is 6.93. The number of hydrogen-bond donors (Lipinski definition) is 1. The van der Waals surface area contributed by atoms with Crippen molar-refractivity contribution in [3.63, 3.8) is 0 Å². The molecule has 0 fully saturated rings. The van der Waals surface area contributed by atoms with Gasteiger partial charge in [-0.1, -0.05) is 18.2 Å². The van der Waals surface area contributed by atoms with E-state index >= 15 is 0 Å². The van der Waals surface area contributed by atoms with Crippen molar-refractivity contribution < 1.29 is 4.79 Å². The molecular weight excluding hydrogens is 360 g/mol. The van der Waals surface area contributed by atoms with Crippen LogP contribution in [0.5, 0.6) is 0 Å². The van der Waals surface area contributed by atoms with Crippen molar-refractivity contribution in [2.75, 3.05) is 18.8 Å². The quantitative estimate of drug-likeness (QED) is 0.637. The number of carbonyl (C=O) groups is 1. The van der Waals surface area contributed by atoms with Crippen molar-refractivity contribution in [1.29, 1.82) is 0 Å². The summed E-state index contributed by atoms with van der Waals surface area (Å²) < 4.78 is 0. The monoisotopic (exact) mass is 380 g/mol. The van der Waals surface area contributed by atoms with Crippen LogP contribution < -0.4 is 5.56 Å². The fourth-order valence-corrected chi connectivity index (χ4v) is 3.46. The maximum absolute atomic E-state index is 12.7. The standard InChI is InChI=1S/C20H20N4O2S/c1-2-24(11-12-27-16-8-4-3-5-9-16)20(26)17-14-22-18(23-19(17)25)15-7-6-10-21-13-15/h3-10,13-14H,2,11-12H2,1H3,(H,22,23,25). The van der Waals surface area contributed by atoms with Gasteiger partial charge in [0, 0.05) is 47.9 Å². The summed E-state index contributed by atoms with van der Waals surface area (Å²) >= 11 is 1.68. The molecule has 0 unspecified atom stereocenters. The Morgan fingerprint density at radius 2 is 1.96 bits per heavy atom. The molecule has 0 saturated heterocycles. The summed E-state index contributed by atoms with van der Waals surface area (Å²) in [7, 11) is 0. The maximum atomic E-state index is 12.7. The lowest BCUT2D eigenvalue weighted by Gasteiger charge is -2.20. The average molecular weight is 380 g/mol. The lowest BCUT2D eigenvalue weighted by Crippen LogP contribution is -2.36. The van der Waals surface area contributed by atoms with Crippen LogP contribution in [0.3, 0.4) is 0 Å². The Morgan fingerprint density at radius 1 is 1.15 bits per heavy atom. The van der Waals surface area contributed by atoms with Gasteiger partial charge in [0.15, 0.2) is 0 Å². The Hall–Kier alpha value is -2.93. The van der Waals surface area contributed by atoms with Gasteiger partial charge >= 0.3 is 0 Å². The molecule has 6 nitrogen and oxygen atoms in total. The minimum atomic E-state index is -0.442. The third-order valence-corrected chi connectivity index (χ3v) is 5.00. The molecule has 0 aliphatic rings. The number of H-pyrrole nitrogens is 1. The van der Waals surface area contributed by atoms with E-state index in [0.717, 1.165) is 10.6 Å². The molecule has 1 aromatic carbocycles. The Morgan fingerprint density at radius 3 is 2.63 bits per heavy atom. The van der Waals surface area contributed by atoms with Crippen molar-refractivity contribution in [3.8, 4) is 11.4 Å². The number of rotatable bonds is 7. The van der Waals surface area contributed by atoms with Crippen molar-refractivity contribution >= 4 is 17.7 Å². The number of pyridine rings is 1. The fourth-order valence-electron chi connectivity index (χ4n) is 2.56. The molecule has 2 aromatic heterocycles. The molecule has 138 valence electrons. The molecule has 0 spiro atoms. The van der Waals surface area contributed by atoms with E-state index < -0.39 is 5.56 Å². The van der Waals surface area contributed by atoms with Crippen LogP contribution >= 0.6 is 11.8 Å². The van der Waals surface area contributed by atoms with Gasteiger partial charge in [0.1, 0.15) is 11.4 Å². The van der Waals surface area contributed by atoms with Crippen LogP contribution in [0.2, 0.25) is 0 Å². The highest BCUT2D eigenvalue weighted by Crippen LogP contribution is 2.17. The molecule has 2 heterocycles. The zero-order valence-electron chi connectivity index (χ0n) is 15.0. The van der Waals surface area contributed by atoms with Crippen molar-refractivity contribution in [3.05, 3.63) is 77.0 Å². The number of aromatic amines is 1. The second kappa shape index (κ2) is 9.14. The van der Waals surface area contributed by atoms with Crippen LogP contribution in [0.1, 0.15) is 17.3 Å². The van der Waals surface area contributed by atoms with Crippen LogP contribution in [0.15, 0.2) is 70.7 Å². The highest BCUT2D eigenvalue weighted by molar-refractivity contribution is 7.99. The Kier molecular flexibility index (Phi) is 6.38. The van der Waals surface area contributed by atoms with E-state index in [1.54, 1.807) is 41.2 Å². The molecule has 0 aliphatic carbocycles. The number of carbonyl (C=O) groups excluding carboxylic acids is 1. The normalized spacial score (nSPS) is 10.6. The summed E-state index contributed by atoms with van der Waals surface area (Å²) in [6.45, 7) is 2.98. The Bertz CT molecular complexity index is 945. The van der Waals surface area contributed by atoms with Crippen molar-refractivity contribution in [1.82, 2.24) is 19.9 Å². The van der Waals surface area contributed by atoms with Crippen LogP contribution in [0.4, 0.5) is 0 Å². The number of benzene rings is 1. The smallest absolute Gasteiger partial charge is 0.264 e. The molecule has 0 radical (unpaired) electrons. The predicted octanol–water partition coefficient (Wildman–Crippen LogP) is 3.09. The first-order valence-corrected chi connectivity index (χ1v) is 9.64. The molecule has 3 rings (SSSR count). The molecule has 3 aromatic rings. The van der Waals surface area contributed by atoms with Gasteiger partial charge in [-0.2, -0.15) is 0 Å². The lowest BCUT2D eigenvalue weighted by molar-refractivity contribution is 0.0772. The summed E-state index contributed by atoms with van der Waals surface area (Å²) in [6, 6.07) is 13.6. The molecular formula is C20H20N4O2S. The summed E-state index contributed by atoms with van der Waals surface area (Å²) in [5.74, 6) is 0.841. The van der Waals surface area contributed by atoms with E-state index in [0.29, 0.717) is 24.5 Å². The summed E-state index contributed by atoms with van der Waals surface area (Å²) in [5.41, 5.74) is 0.303. The number of nitrogens with one attached hydrogen (secondary N) is 1. The summed E-state index contributed by atoms with van der Waals surface area (Å²) in [5, 5.41) is 0. The fraction of sp³-hybridized carbons (Fsp3) is 0.200. The highest BCUT2D eigenvalue weighted by atomic mass is 32.2. The summed E-state index contributed by atoms with van der Waals surface area (Å²) in [4.78, 5) is 38.9. The van der Waals surface area contributed by atoms with Crippen LogP contribution in [-0.2, 0) is 0 Å². The Balaban J connectivity index is 1.68. The van der Waals surface area contributed by atoms with Crippen LogP contribution in [0, 0.1) is 0 Å². The highest BCUT2D eigenvalue weighted by Gasteiger charge is 2.18. The number of amides is 1. The van der Waals surface area contributed by atoms with E-state index in [4.69, 9.17) is 0 Å². The van der Waals surface area contributed by atoms with Gasteiger partial charge in [0.25, 0.3) is 11.5 Å². The zero-order valence-corrected chi connectivity index (χ0v) is 15.8. The number of thioether (sulfide) groups is 1. The van der Waals surface area contributed by atoms with Crippen LogP contribution in [0.25, 0.3) is 11.4 Å². The van der Waals surface area contributed by atoms with Gasteiger partial charge in [-0.15, -0.1) is 11.8 Å². The SMILES string of the molecule is CCN(CCSc1ccccc1)C(=O)c1cnc(-c2cccnc2)[nH]c1=O. The first-order chi connectivity index (χ1) is 13.2. The minimum Gasteiger partial charge on any atom is -0.338 e. The third kappa shape index (κ3) is 4.83. The number of nitrogens with zero attached hydrogens (tertiary/aromatic N) is 3. The average Bonchev–Trinajstić information content (AvgIpc) is 2.72.